The largest absolute Gasteiger partial charge is 0.383 e. The molecule has 0 aliphatic rings. The Balaban J connectivity index is 2.07. The van der Waals surface area contributed by atoms with Crippen LogP contribution in [0.15, 0.2) is 35.4 Å². The molecule has 0 bridgehead atoms. The molecule has 2 N–H and O–H groups in total. The third kappa shape index (κ3) is 4.80. The van der Waals surface area contributed by atoms with Crippen LogP contribution in [0.3, 0.4) is 0 Å². The van der Waals surface area contributed by atoms with Crippen LogP contribution in [0.25, 0.3) is 5.69 Å². The Kier molecular flexibility index (Phi) is 6.78. The topological polar surface area (TPSA) is 50.6 Å². The van der Waals surface area contributed by atoms with Crippen molar-refractivity contribution in [2.45, 2.75) is 13.8 Å². The van der Waals surface area contributed by atoms with E-state index in [1.54, 1.807) is 13.3 Å². The first-order valence-electron chi connectivity index (χ1n) is 7.53. The summed E-state index contributed by atoms with van der Waals surface area (Å²) in [5.41, 5.74) is 7.11. The summed E-state index contributed by atoms with van der Waals surface area (Å²) in [5.74, 6) is 0. The van der Waals surface area contributed by atoms with Gasteiger partial charge in [-0.25, -0.2) is 0 Å². The van der Waals surface area contributed by atoms with Crippen molar-refractivity contribution in [2.75, 3.05) is 20.3 Å². The SMILES string of the molecule is COCCNC(=S)N/N=C\c1cc(C)n(-c2ccc(Cl)cc2)c1C. The van der Waals surface area contributed by atoms with Gasteiger partial charge in [0, 0.05) is 41.3 Å². The van der Waals surface area contributed by atoms with E-state index in [2.05, 4.69) is 40.3 Å². The lowest BCUT2D eigenvalue weighted by Crippen LogP contribution is -2.34. The zero-order chi connectivity index (χ0) is 17.5. The van der Waals surface area contributed by atoms with Gasteiger partial charge in [-0.2, -0.15) is 5.10 Å². The second-order valence-electron chi connectivity index (χ2n) is 5.26. The van der Waals surface area contributed by atoms with Gasteiger partial charge in [-0.15, -0.1) is 0 Å². The molecule has 0 fully saturated rings. The standard InChI is InChI=1S/C17H21ClN4OS/c1-12-10-14(11-20-21-17(24)19-8-9-23-3)13(2)22(12)16-6-4-15(18)5-7-16/h4-7,10-11H,8-9H2,1-3H3,(H2,19,21,24)/b20-11-. The van der Waals surface area contributed by atoms with E-state index in [1.807, 2.05) is 24.3 Å². The molecule has 0 aliphatic heterocycles. The van der Waals surface area contributed by atoms with E-state index in [0.29, 0.717) is 18.3 Å². The molecule has 0 saturated carbocycles. The number of hydrogen-bond donors (Lipinski definition) is 2. The number of aryl methyl sites for hydroxylation is 1. The van der Waals surface area contributed by atoms with Gasteiger partial charge in [-0.05, 0) is 56.4 Å². The minimum Gasteiger partial charge on any atom is -0.383 e. The van der Waals surface area contributed by atoms with Crippen molar-refractivity contribution >= 4 is 35.1 Å². The molecule has 7 heteroatoms. The smallest absolute Gasteiger partial charge is 0.187 e. The second-order valence-corrected chi connectivity index (χ2v) is 6.10. The van der Waals surface area contributed by atoms with Crippen molar-refractivity contribution in [2.24, 2.45) is 5.10 Å². The van der Waals surface area contributed by atoms with E-state index in [1.165, 1.54) is 0 Å². The zero-order valence-corrected chi connectivity index (χ0v) is 15.5. The van der Waals surface area contributed by atoms with Crippen LogP contribution in [-0.2, 0) is 4.74 Å². The fourth-order valence-corrected chi connectivity index (χ4v) is 2.65. The van der Waals surface area contributed by atoms with Gasteiger partial charge < -0.3 is 14.6 Å². The maximum atomic E-state index is 5.96. The second kappa shape index (κ2) is 8.82. The van der Waals surface area contributed by atoms with Crippen LogP contribution in [0, 0.1) is 13.8 Å². The first-order chi connectivity index (χ1) is 11.5. The Bertz CT molecular complexity index is 725. The third-order valence-electron chi connectivity index (χ3n) is 3.52. The van der Waals surface area contributed by atoms with Gasteiger partial charge >= 0.3 is 0 Å². The monoisotopic (exact) mass is 364 g/mol. The minimum atomic E-state index is 0.467. The lowest BCUT2D eigenvalue weighted by Gasteiger charge is -2.09. The van der Waals surface area contributed by atoms with Crippen molar-refractivity contribution in [3.63, 3.8) is 0 Å². The average molecular weight is 365 g/mol. The molecular formula is C17H21ClN4OS. The lowest BCUT2D eigenvalue weighted by molar-refractivity contribution is 0.204. The van der Waals surface area contributed by atoms with E-state index < -0.39 is 0 Å². The summed E-state index contributed by atoms with van der Waals surface area (Å²) in [6, 6.07) is 9.84. The molecule has 128 valence electrons. The summed E-state index contributed by atoms with van der Waals surface area (Å²) < 4.78 is 7.11. The number of methoxy groups -OCH3 is 1. The van der Waals surface area contributed by atoms with E-state index in [-0.39, 0.29) is 0 Å². The molecule has 2 rings (SSSR count). The number of ether oxygens (including phenoxy) is 1. The molecule has 2 aromatic rings. The van der Waals surface area contributed by atoms with E-state index in [4.69, 9.17) is 28.6 Å². The molecule has 0 spiro atoms. The zero-order valence-electron chi connectivity index (χ0n) is 14.0. The van der Waals surface area contributed by atoms with Crippen molar-refractivity contribution < 1.29 is 4.74 Å². The van der Waals surface area contributed by atoms with Crippen LogP contribution in [0.4, 0.5) is 0 Å². The summed E-state index contributed by atoms with van der Waals surface area (Å²) in [4.78, 5) is 0. The maximum Gasteiger partial charge on any atom is 0.187 e. The van der Waals surface area contributed by atoms with Crippen LogP contribution in [0.1, 0.15) is 17.0 Å². The maximum absolute atomic E-state index is 5.96. The number of rotatable bonds is 6. The number of benzene rings is 1. The van der Waals surface area contributed by atoms with Crippen molar-refractivity contribution in [3.8, 4) is 5.69 Å². The Morgan fingerprint density at radius 2 is 2.04 bits per heavy atom. The number of halogens is 1. The molecule has 0 amide bonds. The Morgan fingerprint density at radius 1 is 1.33 bits per heavy atom. The quantitative estimate of drug-likeness (QED) is 0.358. The molecule has 1 aromatic carbocycles. The van der Waals surface area contributed by atoms with Crippen molar-refractivity contribution in [1.29, 1.82) is 0 Å². The lowest BCUT2D eigenvalue weighted by atomic mass is 10.2. The third-order valence-corrected chi connectivity index (χ3v) is 4.00. The number of thiocarbonyl (C=S) groups is 1. The number of aromatic nitrogens is 1. The number of hydrazone groups is 1. The van der Waals surface area contributed by atoms with Gasteiger partial charge in [0.05, 0.1) is 12.8 Å². The highest BCUT2D eigenvalue weighted by Gasteiger charge is 2.09. The normalized spacial score (nSPS) is 11.0. The van der Waals surface area contributed by atoms with Crippen molar-refractivity contribution in [1.82, 2.24) is 15.3 Å². The Morgan fingerprint density at radius 3 is 2.71 bits per heavy atom. The van der Waals surface area contributed by atoms with Gasteiger partial charge in [0.15, 0.2) is 5.11 Å². The molecule has 1 aromatic heterocycles. The van der Waals surface area contributed by atoms with Crippen LogP contribution in [-0.4, -0.2) is 36.2 Å². The molecule has 5 nitrogen and oxygen atoms in total. The van der Waals surface area contributed by atoms with E-state index in [9.17, 15) is 0 Å². The van der Waals surface area contributed by atoms with Crippen LogP contribution in [0.5, 0.6) is 0 Å². The highest BCUT2D eigenvalue weighted by molar-refractivity contribution is 7.80. The first-order valence-corrected chi connectivity index (χ1v) is 8.32. The molecule has 0 saturated heterocycles. The van der Waals surface area contributed by atoms with Gasteiger partial charge in [-0.1, -0.05) is 11.6 Å². The van der Waals surface area contributed by atoms with Crippen molar-refractivity contribution in [3.05, 3.63) is 52.3 Å². The number of hydrogen-bond acceptors (Lipinski definition) is 3. The van der Waals surface area contributed by atoms with E-state index in [0.717, 1.165) is 27.7 Å². The van der Waals surface area contributed by atoms with Crippen LogP contribution in [0.2, 0.25) is 5.02 Å². The molecule has 24 heavy (non-hydrogen) atoms. The van der Waals surface area contributed by atoms with Gasteiger partial charge in [0.2, 0.25) is 0 Å². The molecule has 0 atom stereocenters. The van der Waals surface area contributed by atoms with Gasteiger partial charge in [-0.3, -0.25) is 5.43 Å². The highest BCUT2D eigenvalue weighted by Crippen LogP contribution is 2.21. The van der Waals surface area contributed by atoms with Crippen LogP contribution < -0.4 is 10.7 Å². The summed E-state index contributed by atoms with van der Waals surface area (Å²) in [6.45, 7) is 5.35. The molecule has 1 heterocycles. The predicted molar refractivity (Wildman–Crippen MR) is 103 cm³/mol. The van der Waals surface area contributed by atoms with Gasteiger partial charge in [0.1, 0.15) is 0 Å². The Labute approximate surface area is 152 Å². The number of nitrogens with zero attached hydrogens (tertiary/aromatic N) is 2. The molecule has 0 radical (unpaired) electrons. The fourth-order valence-electron chi connectivity index (χ4n) is 2.37. The highest BCUT2D eigenvalue weighted by atomic mass is 35.5. The molecule has 0 aliphatic carbocycles. The molecule has 0 unspecified atom stereocenters. The predicted octanol–water partition coefficient (Wildman–Crippen LogP) is 3.19. The summed E-state index contributed by atoms with van der Waals surface area (Å²) in [6.07, 6.45) is 1.76. The minimum absolute atomic E-state index is 0.467. The van der Waals surface area contributed by atoms with Crippen LogP contribution >= 0.6 is 23.8 Å². The Hall–Kier alpha value is -1.89. The summed E-state index contributed by atoms with van der Waals surface area (Å²) in [5, 5.41) is 8.38. The average Bonchev–Trinajstić information content (AvgIpc) is 2.83. The fraction of sp³-hybridized carbons (Fsp3) is 0.294. The van der Waals surface area contributed by atoms with E-state index >= 15 is 0 Å². The summed E-state index contributed by atoms with van der Waals surface area (Å²) in [7, 11) is 1.65. The first kappa shape index (κ1) is 18.4. The molecular weight excluding hydrogens is 344 g/mol. The summed E-state index contributed by atoms with van der Waals surface area (Å²) >= 11 is 11.1. The van der Waals surface area contributed by atoms with Gasteiger partial charge in [0.25, 0.3) is 0 Å². The number of nitrogens with one attached hydrogen (secondary N) is 2.